The van der Waals surface area contributed by atoms with Gasteiger partial charge < -0.3 is 39.9 Å². The van der Waals surface area contributed by atoms with Gasteiger partial charge in [-0.15, -0.1) is 11.3 Å². The van der Waals surface area contributed by atoms with Crippen LogP contribution in [0, 0.1) is 0 Å². The van der Waals surface area contributed by atoms with Crippen molar-refractivity contribution in [1.29, 1.82) is 0 Å². The van der Waals surface area contributed by atoms with Crippen molar-refractivity contribution in [3.8, 4) is 0 Å². The Labute approximate surface area is 269 Å². The average Bonchev–Trinajstić information content (AvgIpc) is 3.76. The first-order chi connectivity index (χ1) is 21.5. The Hall–Kier alpha value is -4.37. The standard InChI is InChI=1S/C30H36ClN9O4S/c1-36-8-10-40(11-9-36)7-6-32-27(41)23-13-19(16-37(23)2)33-28(42)24-14-20(17-38(24)3)34-29(43)25-15-21(18-39(25)4)35-30(44)26-22(31)5-12-45-26/h5,12-18H,6-11H2,1-4H3,(H,32,41)(H,33,42)(H,34,43)(H,35,44). The summed E-state index contributed by atoms with van der Waals surface area (Å²) in [7, 11) is 7.24. The quantitative estimate of drug-likeness (QED) is 0.208. The predicted molar refractivity (Wildman–Crippen MR) is 176 cm³/mol. The van der Waals surface area contributed by atoms with Crippen molar-refractivity contribution in [2.24, 2.45) is 21.1 Å². The van der Waals surface area contributed by atoms with Crippen LogP contribution in [0.2, 0.25) is 5.02 Å². The minimum Gasteiger partial charge on any atom is -0.349 e. The SMILES string of the molecule is CN1CCN(CCNC(=O)c2cc(NC(=O)c3cc(NC(=O)c4cc(NC(=O)c5sccc5Cl)cn4C)cn3C)cn2C)CC1. The van der Waals surface area contributed by atoms with E-state index in [1.165, 1.54) is 11.3 Å². The van der Waals surface area contributed by atoms with E-state index in [1.54, 1.807) is 83.1 Å². The molecule has 0 saturated carbocycles. The van der Waals surface area contributed by atoms with Gasteiger partial charge in [0.1, 0.15) is 22.0 Å². The number of rotatable bonds is 10. The number of nitrogens with zero attached hydrogens (tertiary/aromatic N) is 5. The van der Waals surface area contributed by atoms with E-state index >= 15 is 0 Å². The molecular formula is C30H36ClN9O4S. The van der Waals surface area contributed by atoms with Crippen LogP contribution in [0.4, 0.5) is 17.1 Å². The molecule has 15 heteroatoms. The smallest absolute Gasteiger partial charge is 0.272 e. The first kappa shape index (κ1) is 32.0. The highest BCUT2D eigenvalue weighted by atomic mass is 35.5. The molecule has 1 fully saturated rings. The molecule has 0 spiro atoms. The monoisotopic (exact) mass is 653 g/mol. The number of hydrogen-bond acceptors (Lipinski definition) is 7. The zero-order valence-electron chi connectivity index (χ0n) is 25.5. The van der Waals surface area contributed by atoms with Gasteiger partial charge in [0, 0.05) is 79.0 Å². The van der Waals surface area contributed by atoms with Gasteiger partial charge in [0.05, 0.1) is 22.1 Å². The highest BCUT2D eigenvalue weighted by molar-refractivity contribution is 7.12. The summed E-state index contributed by atoms with van der Waals surface area (Å²) < 4.78 is 4.86. The largest absolute Gasteiger partial charge is 0.349 e. The van der Waals surface area contributed by atoms with Crippen LogP contribution >= 0.6 is 22.9 Å². The Kier molecular flexibility index (Phi) is 9.77. The topological polar surface area (TPSA) is 138 Å². The lowest BCUT2D eigenvalue weighted by molar-refractivity contribution is 0.0931. The van der Waals surface area contributed by atoms with Gasteiger partial charge in [-0.2, -0.15) is 0 Å². The van der Waals surface area contributed by atoms with E-state index in [2.05, 4.69) is 38.1 Å². The van der Waals surface area contributed by atoms with Gasteiger partial charge in [-0.3, -0.25) is 24.1 Å². The third-order valence-corrected chi connectivity index (χ3v) is 8.96. The summed E-state index contributed by atoms with van der Waals surface area (Å²) in [5.41, 5.74) is 2.37. The van der Waals surface area contributed by atoms with Gasteiger partial charge in [0.15, 0.2) is 0 Å². The third-order valence-electron chi connectivity index (χ3n) is 7.62. The van der Waals surface area contributed by atoms with E-state index in [9.17, 15) is 19.2 Å². The lowest BCUT2D eigenvalue weighted by Crippen LogP contribution is -2.47. The summed E-state index contributed by atoms with van der Waals surface area (Å²) in [6, 6.07) is 6.40. The molecule has 45 heavy (non-hydrogen) atoms. The van der Waals surface area contributed by atoms with Crippen molar-refractivity contribution in [1.82, 2.24) is 28.8 Å². The van der Waals surface area contributed by atoms with Crippen molar-refractivity contribution in [2.75, 3.05) is 62.3 Å². The van der Waals surface area contributed by atoms with Crippen molar-refractivity contribution in [3.05, 3.63) is 75.2 Å². The number of amides is 4. The number of aromatic nitrogens is 3. The minimum absolute atomic E-state index is 0.213. The summed E-state index contributed by atoms with van der Waals surface area (Å²) in [6.07, 6.45) is 4.93. The lowest BCUT2D eigenvalue weighted by atomic mass is 10.3. The fourth-order valence-corrected chi connectivity index (χ4v) is 6.14. The molecule has 4 amide bonds. The van der Waals surface area contributed by atoms with Crippen LogP contribution in [-0.4, -0.2) is 93.4 Å². The molecule has 1 saturated heterocycles. The average molecular weight is 654 g/mol. The lowest BCUT2D eigenvalue weighted by Gasteiger charge is -2.32. The molecule has 4 N–H and O–H groups in total. The van der Waals surface area contributed by atoms with Crippen molar-refractivity contribution in [2.45, 2.75) is 0 Å². The van der Waals surface area contributed by atoms with Crippen molar-refractivity contribution >= 4 is 63.6 Å². The van der Waals surface area contributed by atoms with Crippen LogP contribution in [-0.2, 0) is 21.1 Å². The van der Waals surface area contributed by atoms with E-state index < -0.39 is 11.8 Å². The summed E-state index contributed by atoms with van der Waals surface area (Å²) in [6.45, 7) is 5.33. The molecule has 0 aliphatic carbocycles. The number of aryl methyl sites for hydroxylation is 3. The maximum absolute atomic E-state index is 13.1. The van der Waals surface area contributed by atoms with Crippen LogP contribution in [0.25, 0.3) is 0 Å². The second-order valence-electron chi connectivity index (χ2n) is 11.0. The number of hydrogen-bond donors (Lipinski definition) is 4. The number of thiophene rings is 1. The predicted octanol–water partition coefficient (Wildman–Crippen LogP) is 3.15. The number of carbonyl (C=O) groups excluding carboxylic acids is 4. The van der Waals surface area contributed by atoms with E-state index in [0.717, 1.165) is 32.7 Å². The van der Waals surface area contributed by atoms with Crippen molar-refractivity contribution < 1.29 is 19.2 Å². The second kappa shape index (κ2) is 13.7. The van der Waals surface area contributed by atoms with Gasteiger partial charge in [-0.1, -0.05) is 11.6 Å². The van der Waals surface area contributed by atoms with Crippen LogP contribution < -0.4 is 21.3 Å². The second-order valence-corrected chi connectivity index (χ2v) is 12.4. The molecule has 0 atom stereocenters. The summed E-state index contributed by atoms with van der Waals surface area (Å²) in [5.74, 6) is -1.40. The van der Waals surface area contributed by atoms with Crippen LogP contribution in [0.15, 0.2) is 48.2 Å². The molecule has 0 bridgehead atoms. The fourth-order valence-electron chi connectivity index (χ4n) is 5.10. The fraction of sp³-hybridized carbons (Fsp3) is 0.333. The van der Waals surface area contributed by atoms with Gasteiger partial charge in [-0.05, 0) is 36.7 Å². The molecule has 1 aliphatic heterocycles. The van der Waals surface area contributed by atoms with Crippen LogP contribution in [0.5, 0.6) is 0 Å². The molecular weight excluding hydrogens is 618 g/mol. The molecule has 13 nitrogen and oxygen atoms in total. The Bertz CT molecular complexity index is 1730. The number of carbonyl (C=O) groups is 4. The maximum atomic E-state index is 13.1. The van der Waals surface area contributed by atoms with Gasteiger partial charge in [0.25, 0.3) is 23.6 Å². The number of nitrogens with one attached hydrogen (secondary N) is 4. The Morgan fingerprint density at radius 1 is 0.711 bits per heavy atom. The number of likely N-dealkylation sites (N-methyl/N-ethyl adjacent to an activating group) is 1. The van der Waals surface area contributed by atoms with Gasteiger partial charge in [0.2, 0.25) is 0 Å². The third kappa shape index (κ3) is 7.65. The molecule has 0 radical (unpaired) electrons. The Balaban J connectivity index is 1.16. The summed E-state index contributed by atoms with van der Waals surface area (Å²) in [4.78, 5) is 56.5. The molecule has 1 aliphatic rings. The molecule has 238 valence electrons. The molecule has 4 aromatic rings. The van der Waals surface area contributed by atoms with E-state index in [4.69, 9.17) is 11.6 Å². The van der Waals surface area contributed by atoms with E-state index in [1.807, 2.05) is 0 Å². The molecule has 5 heterocycles. The van der Waals surface area contributed by atoms with Crippen molar-refractivity contribution in [3.63, 3.8) is 0 Å². The zero-order valence-corrected chi connectivity index (χ0v) is 27.1. The van der Waals surface area contributed by atoms with Crippen LogP contribution in [0.1, 0.15) is 41.1 Å². The number of piperazine rings is 1. The van der Waals surface area contributed by atoms with Crippen LogP contribution in [0.3, 0.4) is 0 Å². The number of halogens is 1. The van der Waals surface area contributed by atoms with E-state index in [0.29, 0.717) is 50.6 Å². The first-order valence-corrected chi connectivity index (χ1v) is 15.6. The highest BCUT2D eigenvalue weighted by Crippen LogP contribution is 2.24. The Morgan fingerprint density at radius 3 is 1.64 bits per heavy atom. The first-order valence-electron chi connectivity index (χ1n) is 14.3. The summed E-state index contributed by atoms with van der Waals surface area (Å²) >= 11 is 7.28. The minimum atomic E-state index is -0.420. The molecule has 5 rings (SSSR count). The van der Waals surface area contributed by atoms with E-state index in [-0.39, 0.29) is 11.8 Å². The number of anilines is 3. The maximum Gasteiger partial charge on any atom is 0.272 e. The van der Waals surface area contributed by atoms with Gasteiger partial charge in [-0.25, -0.2) is 0 Å². The highest BCUT2D eigenvalue weighted by Gasteiger charge is 2.20. The Morgan fingerprint density at radius 2 is 1.18 bits per heavy atom. The zero-order chi connectivity index (χ0) is 32.2. The summed E-state index contributed by atoms with van der Waals surface area (Å²) in [5, 5.41) is 13.4. The van der Waals surface area contributed by atoms with Gasteiger partial charge >= 0.3 is 0 Å². The molecule has 4 aromatic heterocycles. The normalized spacial score (nSPS) is 13.9. The molecule has 0 unspecified atom stereocenters. The molecule has 0 aromatic carbocycles.